The summed E-state index contributed by atoms with van der Waals surface area (Å²) in [6.45, 7) is 0.791. The average molecular weight is 406 g/mol. The van der Waals surface area contributed by atoms with Gasteiger partial charge in [-0.3, -0.25) is 4.79 Å². The summed E-state index contributed by atoms with van der Waals surface area (Å²) in [5.41, 5.74) is 3.13. The quantitative estimate of drug-likeness (QED) is 0.609. The van der Waals surface area contributed by atoms with Crippen LogP contribution in [0.2, 0.25) is 0 Å². The molecular weight excluding hydrogens is 382 g/mol. The van der Waals surface area contributed by atoms with Crippen molar-refractivity contribution in [2.24, 2.45) is 0 Å². The van der Waals surface area contributed by atoms with E-state index in [1.165, 1.54) is 5.56 Å². The van der Waals surface area contributed by atoms with Gasteiger partial charge in [0.05, 0.1) is 17.7 Å². The lowest BCUT2D eigenvalue weighted by molar-refractivity contribution is 0.0941. The maximum absolute atomic E-state index is 12.6. The first kappa shape index (κ1) is 20.6. The number of likely N-dealkylation sites (N-methyl/N-ethyl adjacent to an activating group) is 1. The minimum absolute atomic E-state index is 0.118. The molecule has 29 heavy (non-hydrogen) atoms. The largest absolute Gasteiger partial charge is 0.489 e. The highest BCUT2D eigenvalue weighted by atomic mass is 32.1. The molecule has 0 saturated carbocycles. The minimum atomic E-state index is -0.144. The molecule has 1 atom stereocenters. The van der Waals surface area contributed by atoms with Gasteiger partial charge in [-0.1, -0.05) is 24.3 Å². The van der Waals surface area contributed by atoms with Gasteiger partial charge >= 0.3 is 0 Å². The second kappa shape index (κ2) is 9.87. The second-order valence-electron chi connectivity index (χ2n) is 6.83. The van der Waals surface area contributed by atoms with E-state index < -0.39 is 0 Å². The standard InChI is InChI=1S/C23H23N3O2S/c1-26(2)22(20-10-11-29-16-20)14-25-23(27)17-8-5-9-21(12-17)28-15-19-7-4-3-6-18(19)13-24/h3-12,16,22H,14-15H2,1-2H3,(H,25,27). The van der Waals surface area contributed by atoms with E-state index in [2.05, 4.69) is 27.7 Å². The zero-order valence-electron chi connectivity index (χ0n) is 16.5. The Bertz CT molecular complexity index is 993. The van der Waals surface area contributed by atoms with Gasteiger partial charge in [0.25, 0.3) is 5.91 Å². The van der Waals surface area contributed by atoms with Crippen molar-refractivity contribution in [2.45, 2.75) is 12.6 Å². The van der Waals surface area contributed by atoms with Crippen LogP contribution < -0.4 is 10.1 Å². The van der Waals surface area contributed by atoms with Crippen molar-refractivity contribution >= 4 is 17.2 Å². The van der Waals surface area contributed by atoms with Crippen LogP contribution in [0.15, 0.2) is 65.4 Å². The monoisotopic (exact) mass is 405 g/mol. The van der Waals surface area contributed by atoms with E-state index in [0.717, 1.165) is 5.56 Å². The van der Waals surface area contributed by atoms with E-state index in [1.807, 2.05) is 37.7 Å². The van der Waals surface area contributed by atoms with Gasteiger partial charge in [-0.2, -0.15) is 16.6 Å². The number of hydrogen-bond donors (Lipinski definition) is 1. The van der Waals surface area contributed by atoms with Crippen LogP contribution in [0.4, 0.5) is 0 Å². The van der Waals surface area contributed by atoms with Crippen LogP contribution in [-0.4, -0.2) is 31.4 Å². The molecule has 0 aliphatic rings. The van der Waals surface area contributed by atoms with Crippen molar-refractivity contribution in [3.63, 3.8) is 0 Å². The summed E-state index contributed by atoms with van der Waals surface area (Å²) in [4.78, 5) is 14.7. The predicted molar refractivity (Wildman–Crippen MR) is 115 cm³/mol. The number of amides is 1. The lowest BCUT2D eigenvalue weighted by Gasteiger charge is -2.24. The number of carbonyl (C=O) groups excluding carboxylic acids is 1. The molecule has 0 spiro atoms. The Morgan fingerprint density at radius 2 is 2.03 bits per heavy atom. The highest BCUT2D eigenvalue weighted by Gasteiger charge is 2.16. The van der Waals surface area contributed by atoms with Crippen LogP contribution in [0.1, 0.15) is 33.1 Å². The van der Waals surface area contributed by atoms with Gasteiger partial charge in [-0.25, -0.2) is 0 Å². The molecule has 3 rings (SSSR count). The summed E-state index contributed by atoms with van der Waals surface area (Å²) in [5.74, 6) is 0.447. The summed E-state index contributed by atoms with van der Waals surface area (Å²) in [6, 6.07) is 18.8. The van der Waals surface area contributed by atoms with Gasteiger partial charge in [0.2, 0.25) is 0 Å². The third kappa shape index (κ3) is 5.44. The number of nitrogens with one attached hydrogen (secondary N) is 1. The Hall–Kier alpha value is -3.14. The minimum Gasteiger partial charge on any atom is -0.489 e. The highest BCUT2D eigenvalue weighted by molar-refractivity contribution is 7.07. The number of thiophene rings is 1. The van der Waals surface area contributed by atoms with E-state index >= 15 is 0 Å². The van der Waals surface area contributed by atoms with Crippen molar-refractivity contribution in [2.75, 3.05) is 20.6 Å². The number of hydrogen-bond acceptors (Lipinski definition) is 5. The van der Waals surface area contributed by atoms with Gasteiger partial charge in [-0.05, 0) is 60.8 Å². The van der Waals surface area contributed by atoms with E-state index in [4.69, 9.17) is 4.74 Å². The summed E-state index contributed by atoms with van der Waals surface area (Å²) < 4.78 is 5.81. The van der Waals surface area contributed by atoms with Crippen LogP contribution in [0.25, 0.3) is 0 Å². The first-order valence-corrected chi connectivity index (χ1v) is 10.2. The van der Waals surface area contributed by atoms with Gasteiger partial charge in [0, 0.05) is 17.7 Å². The van der Waals surface area contributed by atoms with Crippen molar-refractivity contribution in [1.82, 2.24) is 10.2 Å². The fourth-order valence-corrected chi connectivity index (χ4v) is 3.71. The first-order valence-electron chi connectivity index (χ1n) is 9.26. The normalized spacial score (nSPS) is 11.7. The zero-order chi connectivity index (χ0) is 20.6. The Morgan fingerprint density at radius 3 is 2.76 bits per heavy atom. The van der Waals surface area contributed by atoms with Crippen molar-refractivity contribution in [1.29, 1.82) is 5.26 Å². The maximum Gasteiger partial charge on any atom is 0.251 e. The number of nitrogens with zero attached hydrogens (tertiary/aromatic N) is 2. The maximum atomic E-state index is 12.6. The summed E-state index contributed by atoms with van der Waals surface area (Å²) in [7, 11) is 4.00. The lowest BCUT2D eigenvalue weighted by Crippen LogP contribution is -2.34. The Labute approximate surface area is 175 Å². The fourth-order valence-electron chi connectivity index (χ4n) is 3.00. The van der Waals surface area contributed by atoms with Gasteiger partial charge < -0.3 is 15.0 Å². The number of ether oxygens (including phenoxy) is 1. The smallest absolute Gasteiger partial charge is 0.251 e. The summed E-state index contributed by atoms with van der Waals surface area (Å²) >= 11 is 1.65. The molecule has 0 aliphatic carbocycles. The molecule has 1 unspecified atom stereocenters. The zero-order valence-corrected chi connectivity index (χ0v) is 17.3. The van der Waals surface area contributed by atoms with Crippen molar-refractivity contribution < 1.29 is 9.53 Å². The molecule has 0 radical (unpaired) electrons. The molecular formula is C23H23N3O2S. The van der Waals surface area contributed by atoms with Crippen molar-refractivity contribution in [3.05, 3.63) is 87.6 Å². The number of benzene rings is 2. The highest BCUT2D eigenvalue weighted by Crippen LogP contribution is 2.21. The first-order chi connectivity index (χ1) is 14.1. The molecule has 0 fully saturated rings. The molecule has 148 valence electrons. The topological polar surface area (TPSA) is 65.4 Å². The molecule has 6 heteroatoms. The molecule has 0 bridgehead atoms. The Kier molecular flexibility index (Phi) is 7.01. The molecule has 5 nitrogen and oxygen atoms in total. The van der Waals surface area contributed by atoms with Gasteiger partial charge in [0.1, 0.15) is 12.4 Å². The molecule has 0 saturated heterocycles. The second-order valence-corrected chi connectivity index (χ2v) is 7.61. The molecule has 1 aromatic heterocycles. The van der Waals surface area contributed by atoms with Crippen LogP contribution in [0.5, 0.6) is 5.75 Å². The lowest BCUT2D eigenvalue weighted by atomic mass is 10.1. The van der Waals surface area contributed by atoms with E-state index in [-0.39, 0.29) is 18.6 Å². The third-order valence-electron chi connectivity index (χ3n) is 4.64. The van der Waals surface area contributed by atoms with Crippen LogP contribution in [-0.2, 0) is 6.61 Å². The van der Waals surface area contributed by atoms with Crippen LogP contribution in [0, 0.1) is 11.3 Å². The molecule has 3 aromatic rings. The molecule has 1 heterocycles. The summed E-state index contributed by atoms with van der Waals surface area (Å²) in [5, 5.41) is 16.3. The predicted octanol–water partition coefficient (Wildman–Crippen LogP) is 4.23. The van der Waals surface area contributed by atoms with E-state index in [0.29, 0.717) is 23.4 Å². The van der Waals surface area contributed by atoms with E-state index in [9.17, 15) is 10.1 Å². The Balaban J connectivity index is 1.62. The molecule has 2 aromatic carbocycles. The molecule has 1 amide bonds. The summed E-state index contributed by atoms with van der Waals surface area (Å²) in [6.07, 6.45) is 0. The molecule has 1 N–H and O–H groups in total. The average Bonchev–Trinajstić information content (AvgIpc) is 3.27. The number of rotatable bonds is 8. The number of carbonyl (C=O) groups is 1. The fraction of sp³-hybridized carbons (Fsp3) is 0.217. The number of nitriles is 1. The Morgan fingerprint density at radius 1 is 1.21 bits per heavy atom. The van der Waals surface area contributed by atoms with Crippen molar-refractivity contribution in [3.8, 4) is 11.8 Å². The third-order valence-corrected chi connectivity index (χ3v) is 5.34. The SMILES string of the molecule is CN(C)C(CNC(=O)c1cccc(OCc2ccccc2C#N)c1)c1ccsc1. The van der Waals surface area contributed by atoms with E-state index in [1.54, 1.807) is 41.7 Å². The van der Waals surface area contributed by atoms with Gasteiger partial charge in [-0.15, -0.1) is 0 Å². The molecule has 0 aliphatic heterocycles. The van der Waals surface area contributed by atoms with Crippen LogP contribution >= 0.6 is 11.3 Å². The van der Waals surface area contributed by atoms with Crippen LogP contribution in [0.3, 0.4) is 0 Å². The van der Waals surface area contributed by atoms with Gasteiger partial charge in [0.15, 0.2) is 0 Å².